The number of hydrogen-bond acceptors (Lipinski definition) is 2. The normalized spacial score (nSPS) is 10.2. The molecule has 104 valence electrons. The van der Waals surface area contributed by atoms with Gasteiger partial charge in [0.2, 0.25) is 0 Å². The number of para-hydroxylation sites is 1. The summed E-state index contributed by atoms with van der Waals surface area (Å²) in [5.74, 6) is -1.47. The average Bonchev–Trinajstić information content (AvgIpc) is 2.42. The van der Waals surface area contributed by atoms with Gasteiger partial charge in [-0.2, -0.15) is 0 Å². The van der Waals surface area contributed by atoms with Gasteiger partial charge >= 0.3 is 0 Å². The monoisotopic (exact) mass is 277 g/mol. The molecule has 0 saturated carbocycles. The number of carbonyl (C=O) groups excluding carboxylic acids is 1. The van der Waals surface area contributed by atoms with Crippen molar-refractivity contribution in [2.24, 2.45) is 0 Å². The fraction of sp³-hybridized carbons (Fsp3) is 0.133. The maximum Gasteiger partial charge on any atom is 0.262 e. The molecule has 0 aliphatic heterocycles. The van der Waals surface area contributed by atoms with Crippen LogP contribution in [0.3, 0.4) is 0 Å². The van der Waals surface area contributed by atoms with E-state index >= 15 is 0 Å². The van der Waals surface area contributed by atoms with Crippen molar-refractivity contribution in [3.63, 3.8) is 0 Å². The maximum atomic E-state index is 13.3. The van der Waals surface area contributed by atoms with Gasteiger partial charge in [-0.25, -0.2) is 8.78 Å². The number of hydrogen-bond donors (Lipinski definition) is 1. The van der Waals surface area contributed by atoms with Gasteiger partial charge in [0.15, 0.2) is 18.2 Å². The summed E-state index contributed by atoms with van der Waals surface area (Å²) in [5, 5.41) is 2.51. The van der Waals surface area contributed by atoms with Crippen molar-refractivity contribution in [3.05, 3.63) is 59.7 Å². The van der Waals surface area contributed by atoms with E-state index in [0.717, 1.165) is 5.56 Å². The van der Waals surface area contributed by atoms with E-state index in [4.69, 9.17) is 4.74 Å². The Hall–Kier alpha value is -2.43. The first-order chi connectivity index (χ1) is 9.56. The van der Waals surface area contributed by atoms with Crippen LogP contribution < -0.4 is 10.1 Å². The molecule has 1 N–H and O–H groups in total. The Kier molecular flexibility index (Phi) is 4.30. The number of amides is 1. The molecule has 0 fully saturated rings. The minimum Gasteiger partial charge on any atom is -0.481 e. The highest BCUT2D eigenvalue weighted by atomic mass is 19.1. The molecule has 0 heterocycles. The Morgan fingerprint density at radius 3 is 2.70 bits per heavy atom. The molecule has 2 aromatic rings. The van der Waals surface area contributed by atoms with Gasteiger partial charge in [0.05, 0.1) is 0 Å². The molecule has 0 unspecified atom stereocenters. The van der Waals surface area contributed by atoms with Crippen LogP contribution in [-0.4, -0.2) is 12.5 Å². The first-order valence-electron chi connectivity index (χ1n) is 5.99. The lowest BCUT2D eigenvalue weighted by atomic mass is 10.2. The van der Waals surface area contributed by atoms with Crippen LogP contribution in [0.15, 0.2) is 42.5 Å². The first kappa shape index (κ1) is 14.0. The molecule has 0 spiro atoms. The second-order valence-electron chi connectivity index (χ2n) is 4.23. The van der Waals surface area contributed by atoms with Gasteiger partial charge in [-0.15, -0.1) is 0 Å². The predicted molar refractivity (Wildman–Crippen MR) is 71.7 cm³/mol. The Labute approximate surface area is 115 Å². The fourth-order valence-corrected chi connectivity index (χ4v) is 1.62. The third-order valence-corrected chi connectivity index (χ3v) is 2.67. The van der Waals surface area contributed by atoms with Crippen LogP contribution >= 0.6 is 0 Å². The summed E-state index contributed by atoms with van der Waals surface area (Å²) in [4.78, 5) is 11.7. The zero-order valence-electron chi connectivity index (χ0n) is 10.8. The van der Waals surface area contributed by atoms with Gasteiger partial charge in [-0.3, -0.25) is 4.79 Å². The topological polar surface area (TPSA) is 38.3 Å². The van der Waals surface area contributed by atoms with Gasteiger partial charge in [0.25, 0.3) is 5.91 Å². The molecule has 1 amide bonds. The molecule has 0 saturated heterocycles. The number of anilines is 1. The van der Waals surface area contributed by atoms with Crippen molar-refractivity contribution in [3.8, 4) is 5.75 Å². The molecule has 0 atom stereocenters. The third-order valence-electron chi connectivity index (χ3n) is 2.67. The smallest absolute Gasteiger partial charge is 0.262 e. The Morgan fingerprint density at radius 1 is 1.20 bits per heavy atom. The van der Waals surface area contributed by atoms with Gasteiger partial charge in [-0.05, 0) is 36.8 Å². The summed E-state index contributed by atoms with van der Waals surface area (Å²) in [5.41, 5.74) is 1.10. The molecule has 0 radical (unpaired) electrons. The van der Waals surface area contributed by atoms with Crippen molar-refractivity contribution < 1.29 is 18.3 Å². The molecule has 20 heavy (non-hydrogen) atoms. The van der Waals surface area contributed by atoms with Crippen LogP contribution in [0.2, 0.25) is 0 Å². The molecule has 2 rings (SSSR count). The summed E-state index contributed by atoms with van der Waals surface area (Å²) in [7, 11) is 0. The lowest BCUT2D eigenvalue weighted by Crippen LogP contribution is -2.21. The predicted octanol–water partition coefficient (Wildman–Crippen LogP) is 3.29. The lowest BCUT2D eigenvalue weighted by Gasteiger charge is -2.10. The minimum atomic E-state index is -0.540. The largest absolute Gasteiger partial charge is 0.481 e. The van der Waals surface area contributed by atoms with E-state index in [1.54, 1.807) is 19.1 Å². The van der Waals surface area contributed by atoms with Crippen molar-refractivity contribution >= 4 is 11.6 Å². The van der Waals surface area contributed by atoms with E-state index in [2.05, 4.69) is 5.32 Å². The number of benzene rings is 2. The highest BCUT2D eigenvalue weighted by Gasteiger charge is 2.08. The first-order valence-corrected chi connectivity index (χ1v) is 5.99. The highest BCUT2D eigenvalue weighted by molar-refractivity contribution is 5.92. The van der Waals surface area contributed by atoms with E-state index < -0.39 is 17.5 Å². The molecule has 0 aromatic heterocycles. The molecular formula is C15H13F2NO2. The van der Waals surface area contributed by atoms with Gasteiger partial charge in [0, 0.05) is 5.69 Å². The number of ether oxygens (including phenoxy) is 1. The standard InChI is InChI=1S/C15H13F2NO2/c1-10-6-7-11(16)8-13(10)18-15(19)9-20-14-5-3-2-4-12(14)17/h2-8H,9H2,1H3,(H,18,19). The van der Waals surface area contributed by atoms with Crippen molar-refractivity contribution in [2.45, 2.75) is 6.92 Å². The van der Waals surface area contributed by atoms with Crippen LogP contribution in [0.25, 0.3) is 0 Å². The summed E-state index contributed by atoms with van der Waals surface area (Å²) in [6, 6.07) is 9.88. The lowest BCUT2D eigenvalue weighted by molar-refractivity contribution is -0.118. The molecular weight excluding hydrogens is 264 g/mol. The number of aryl methyl sites for hydroxylation is 1. The summed E-state index contributed by atoms with van der Waals surface area (Å²) >= 11 is 0. The summed E-state index contributed by atoms with van der Waals surface area (Å²) in [6.45, 7) is 1.39. The van der Waals surface area contributed by atoms with Gasteiger partial charge < -0.3 is 10.1 Å². The van der Waals surface area contributed by atoms with E-state index in [0.29, 0.717) is 5.69 Å². The van der Waals surface area contributed by atoms with Crippen LogP contribution in [0.5, 0.6) is 5.75 Å². The molecule has 2 aromatic carbocycles. The average molecular weight is 277 g/mol. The van der Waals surface area contributed by atoms with Gasteiger partial charge in [0.1, 0.15) is 5.82 Å². The fourth-order valence-electron chi connectivity index (χ4n) is 1.62. The van der Waals surface area contributed by atoms with Crippen LogP contribution in [0.4, 0.5) is 14.5 Å². The Balaban J connectivity index is 1.96. The molecule has 3 nitrogen and oxygen atoms in total. The third kappa shape index (κ3) is 3.54. The number of nitrogens with one attached hydrogen (secondary N) is 1. The number of rotatable bonds is 4. The summed E-state index contributed by atoms with van der Waals surface area (Å²) < 4.78 is 31.4. The van der Waals surface area contributed by atoms with Gasteiger partial charge in [-0.1, -0.05) is 18.2 Å². The molecule has 5 heteroatoms. The summed E-state index contributed by atoms with van der Waals surface area (Å²) in [6.07, 6.45) is 0. The Morgan fingerprint density at radius 2 is 1.95 bits per heavy atom. The number of carbonyl (C=O) groups is 1. The maximum absolute atomic E-state index is 13.3. The Bertz CT molecular complexity index is 629. The minimum absolute atomic E-state index is 0.00128. The van der Waals surface area contributed by atoms with E-state index in [-0.39, 0.29) is 12.4 Å². The zero-order valence-corrected chi connectivity index (χ0v) is 10.8. The van der Waals surface area contributed by atoms with E-state index in [9.17, 15) is 13.6 Å². The van der Waals surface area contributed by atoms with E-state index in [1.807, 2.05) is 0 Å². The van der Waals surface area contributed by atoms with Crippen molar-refractivity contribution in [1.82, 2.24) is 0 Å². The highest BCUT2D eigenvalue weighted by Crippen LogP contribution is 2.17. The van der Waals surface area contributed by atoms with E-state index in [1.165, 1.54) is 30.3 Å². The van der Waals surface area contributed by atoms with Crippen LogP contribution in [0.1, 0.15) is 5.56 Å². The zero-order chi connectivity index (χ0) is 14.5. The SMILES string of the molecule is Cc1ccc(F)cc1NC(=O)COc1ccccc1F. The molecule has 0 aliphatic carbocycles. The van der Waals surface area contributed by atoms with Crippen molar-refractivity contribution in [1.29, 1.82) is 0 Å². The number of halogens is 2. The second-order valence-corrected chi connectivity index (χ2v) is 4.23. The van der Waals surface area contributed by atoms with Crippen LogP contribution in [0, 0.1) is 18.6 Å². The second kappa shape index (κ2) is 6.14. The molecule has 0 bridgehead atoms. The quantitative estimate of drug-likeness (QED) is 0.931. The van der Waals surface area contributed by atoms with Crippen molar-refractivity contribution in [2.75, 3.05) is 11.9 Å². The van der Waals surface area contributed by atoms with Crippen LogP contribution in [-0.2, 0) is 4.79 Å². The molecule has 0 aliphatic rings.